The Balaban J connectivity index is 1.16. The Morgan fingerprint density at radius 2 is 1.77 bits per heavy atom. The molecule has 1 aromatic heterocycles. The van der Waals surface area contributed by atoms with Gasteiger partial charge in [-0.05, 0) is 55.2 Å². The number of nitrogens with two attached hydrogens (primary N) is 1. The van der Waals surface area contributed by atoms with Crippen LogP contribution in [-0.2, 0) is 30.9 Å². The minimum Gasteiger partial charge on any atom is -0.384 e. The van der Waals surface area contributed by atoms with Crippen molar-refractivity contribution in [3.63, 3.8) is 0 Å². The second kappa shape index (κ2) is 12.5. The molecule has 0 aliphatic carbocycles. The molecule has 0 atom stereocenters. The molecule has 2 heterocycles. The summed E-state index contributed by atoms with van der Waals surface area (Å²) < 4.78 is 42.1. The van der Waals surface area contributed by atoms with Crippen LogP contribution < -0.4 is 16.0 Å². The summed E-state index contributed by atoms with van der Waals surface area (Å²) in [6, 6.07) is 18.9. The number of aromatic nitrogens is 2. The quantitative estimate of drug-likeness (QED) is 0.183. The first-order chi connectivity index (χ1) is 20.5. The molecule has 1 amide bonds. The van der Waals surface area contributed by atoms with E-state index in [4.69, 9.17) is 16.1 Å². The van der Waals surface area contributed by atoms with Gasteiger partial charge in [-0.1, -0.05) is 36.4 Å². The van der Waals surface area contributed by atoms with Crippen LogP contribution in [0, 0.1) is 5.41 Å². The molecule has 0 saturated carbocycles. The summed E-state index contributed by atoms with van der Waals surface area (Å²) in [5, 5.41) is 10.6. The molecule has 1 aliphatic rings. The van der Waals surface area contributed by atoms with E-state index in [1.165, 1.54) is 12.1 Å². The van der Waals surface area contributed by atoms with Crippen LogP contribution in [0.5, 0.6) is 0 Å². The van der Waals surface area contributed by atoms with E-state index in [0.29, 0.717) is 31.5 Å². The van der Waals surface area contributed by atoms with Crippen LogP contribution in [0.15, 0.2) is 66.7 Å². The van der Waals surface area contributed by atoms with Crippen molar-refractivity contribution in [1.82, 2.24) is 14.5 Å². The maximum absolute atomic E-state index is 13.4. The lowest BCUT2D eigenvalue weighted by Gasteiger charge is -2.33. The number of fused-ring (bicyclic) bond motifs is 1. The van der Waals surface area contributed by atoms with Crippen molar-refractivity contribution in [2.75, 3.05) is 36.9 Å². The summed E-state index contributed by atoms with van der Waals surface area (Å²) >= 11 is 0. The summed E-state index contributed by atoms with van der Waals surface area (Å²) in [4.78, 5) is 21.7. The number of likely N-dealkylation sites (tertiary alicyclic amines) is 1. The molecule has 0 bridgehead atoms. The number of likely N-dealkylation sites (N-methyl/N-ethyl adjacent to an activating group) is 1. The summed E-state index contributed by atoms with van der Waals surface area (Å²) in [7, 11) is 3.73. The fourth-order valence-electron chi connectivity index (χ4n) is 5.53. The highest BCUT2D eigenvalue weighted by molar-refractivity contribution is 5.96. The van der Waals surface area contributed by atoms with Crippen LogP contribution in [0.1, 0.15) is 35.4 Å². The average Bonchev–Trinajstić information content (AvgIpc) is 3.31. The number of nitrogen functional groups attached to an aromatic ring is 1. The van der Waals surface area contributed by atoms with Crippen molar-refractivity contribution >= 4 is 34.2 Å². The molecule has 1 aliphatic heterocycles. The predicted octanol–water partition coefficient (Wildman–Crippen LogP) is 5.20. The minimum atomic E-state index is -4.41. The molecular formula is C32H36F3N7O. The van der Waals surface area contributed by atoms with Crippen molar-refractivity contribution in [2.45, 2.75) is 37.9 Å². The van der Waals surface area contributed by atoms with Gasteiger partial charge in [-0.25, -0.2) is 4.98 Å². The first kappa shape index (κ1) is 30.1. The van der Waals surface area contributed by atoms with Gasteiger partial charge < -0.3 is 20.5 Å². The van der Waals surface area contributed by atoms with Gasteiger partial charge in [-0.15, -0.1) is 0 Å². The molecule has 8 nitrogen and oxygen atoms in total. The number of nitrogens with one attached hydrogen (secondary N) is 2. The van der Waals surface area contributed by atoms with Gasteiger partial charge in [-0.3, -0.25) is 15.1 Å². The molecule has 0 unspecified atom stereocenters. The first-order valence-electron chi connectivity index (χ1n) is 14.3. The van der Waals surface area contributed by atoms with Crippen LogP contribution in [0.3, 0.4) is 0 Å². The number of hydrogen-bond acceptors (Lipinski definition) is 5. The van der Waals surface area contributed by atoms with Crippen molar-refractivity contribution in [1.29, 1.82) is 5.41 Å². The molecule has 11 heteroatoms. The van der Waals surface area contributed by atoms with E-state index >= 15 is 0 Å². The SMILES string of the molecule is CN(C(=O)CN1CCC(Nc2ccccc2C(F)(F)F)CC1)c1ccc2c(c1)nc(CCc1ccc(C(=N)N)cc1)n2C. The minimum absolute atomic E-state index is 0.0489. The van der Waals surface area contributed by atoms with Gasteiger partial charge in [0, 0.05) is 56.6 Å². The van der Waals surface area contributed by atoms with Gasteiger partial charge in [0.05, 0.1) is 23.1 Å². The molecule has 0 spiro atoms. The number of halogens is 3. The molecule has 1 fully saturated rings. The van der Waals surface area contributed by atoms with Crippen LogP contribution in [-0.4, -0.2) is 58.9 Å². The Morgan fingerprint density at radius 1 is 1.07 bits per heavy atom. The Morgan fingerprint density at radius 3 is 2.44 bits per heavy atom. The van der Waals surface area contributed by atoms with E-state index in [2.05, 4.69) is 9.88 Å². The lowest BCUT2D eigenvalue weighted by Crippen LogP contribution is -2.44. The Hall–Kier alpha value is -4.38. The number of carbonyl (C=O) groups excluding carboxylic acids is 1. The molecule has 4 aromatic rings. The molecular weight excluding hydrogens is 555 g/mol. The second-order valence-corrected chi connectivity index (χ2v) is 11.1. The summed E-state index contributed by atoms with van der Waals surface area (Å²) in [6.07, 6.45) is -1.59. The van der Waals surface area contributed by atoms with Gasteiger partial charge in [-0.2, -0.15) is 13.2 Å². The number of aryl methyl sites for hydroxylation is 3. The maximum atomic E-state index is 13.4. The smallest absolute Gasteiger partial charge is 0.384 e. The third-order valence-corrected chi connectivity index (χ3v) is 8.16. The highest BCUT2D eigenvalue weighted by Gasteiger charge is 2.34. The summed E-state index contributed by atoms with van der Waals surface area (Å²) in [6.45, 7) is 1.47. The topological polar surface area (TPSA) is 103 Å². The monoisotopic (exact) mass is 591 g/mol. The largest absolute Gasteiger partial charge is 0.418 e. The lowest BCUT2D eigenvalue weighted by molar-refractivity contribution is -0.137. The van der Waals surface area contributed by atoms with Crippen molar-refractivity contribution < 1.29 is 18.0 Å². The van der Waals surface area contributed by atoms with E-state index in [0.717, 1.165) is 47.0 Å². The second-order valence-electron chi connectivity index (χ2n) is 11.1. The number of amidine groups is 1. The zero-order valence-corrected chi connectivity index (χ0v) is 24.3. The van der Waals surface area contributed by atoms with Crippen LogP contribution >= 0.6 is 0 Å². The van der Waals surface area contributed by atoms with E-state index in [1.807, 2.05) is 54.4 Å². The van der Waals surface area contributed by atoms with Gasteiger partial charge >= 0.3 is 6.18 Å². The Kier molecular flexibility index (Phi) is 8.72. The molecule has 0 radical (unpaired) electrons. The molecule has 4 N–H and O–H groups in total. The lowest BCUT2D eigenvalue weighted by atomic mass is 10.0. The zero-order chi connectivity index (χ0) is 30.7. The van der Waals surface area contributed by atoms with E-state index in [9.17, 15) is 18.0 Å². The normalized spacial score (nSPS) is 14.6. The van der Waals surface area contributed by atoms with Crippen LogP contribution in [0.4, 0.5) is 24.5 Å². The standard InChI is InChI=1S/C32H36F3N7O/c1-40(30(43)20-42-17-15-23(16-18-42)38-26-6-4-3-5-25(26)32(33,34)35)24-12-13-28-27(19-24)39-29(41(28)2)14-9-21-7-10-22(11-8-21)31(36)37/h3-8,10-13,19,23,38H,9,14-18,20H2,1-2H3,(H3,36,37). The molecule has 5 rings (SSSR count). The fraction of sp³-hybridized carbons (Fsp3) is 0.344. The Bertz CT molecular complexity index is 1610. The molecule has 3 aromatic carbocycles. The predicted molar refractivity (Wildman–Crippen MR) is 164 cm³/mol. The highest BCUT2D eigenvalue weighted by Crippen LogP contribution is 2.35. The van der Waals surface area contributed by atoms with E-state index < -0.39 is 11.7 Å². The van der Waals surface area contributed by atoms with Gasteiger partial charge in [0.2, 0.25) is 5.91 Å². The number of benzene rings is 3. The molecule has 43 heavy (non-hydrogen) atoms. The van der Waals surface area contributed by atoms with Crippen LogP contribution in [0.2, 0.25) is 0 Å². The maximum Gasteiger partial charge on any atom is 0.418 e. The van der Waals surface area contributed by atoms with E-state index in [1.54, 1.807) is 18.0 Å². The van der Waals surface area contributed by atoms with Gasteiger partial charge in [0.25, 0.3) is 0 Å². The molecule has 1 saturated heterocycles. The summed E-state index contributed by atoms with van der Waals surface area (Å²) in [5.74, 6) is 0.928. The van der Waals surface area contributed by atoms with Crippen molar-refractivity contribution in [3.05, 3.63) is 89.2 Å². The zero-order valence-electron chi connectivity index (χ0n) is 24.3. The number of rotatable bonds is 9. The van der Waals surface area contributed by atoms with Crippen molar-refractivity contribution in [2.24, 2.45) is 12.8 Å². The molecule has 226 valence electrons. The van der Waals surface area contributed by atoms with Gasteiger partial charge in [0.15, 0.2) is 0 Å². The number of hydrogen-bond donors (Lipinski definition) is 3. The number of imidazole rings is 1. The van der Waals surface area contributed by atoms with E-state index in [-0.39, 0.29) is 30.0 Å². The van der Waals surface area contributed by atoms with Gasteiger partial charge in [0.1, 0.15) is 11.7 Å². The number of carbonyl (C=O) groups is 1. The number of amides is 1. The van der Waals surface area contributed by atoms with Crippen LogP contribution in [0.25, 0.3) is 11.0 Å². The Labute approximate surface area is 248 Å². The highest BCUT2D eigenvalue weighted by atomic mass is 19.4. The first-order valence-corrected chi connectivity index (χ1v) is 14.3. The number of piperidine rings is 1. The third-order valence-electron chi connectivity index (χ3n) is 8.16. The number of para-hydroxylation sites is 1. The summed E-state index contributed by atoms with van der Waals surface area (Å²) in [5.41, 5.74) is 9.36. The number of nitrogens with zero attached hydrogens (tertiary/aromatic N) is 4. The third kappa shape index (κ3) is 6.99. The van der Waals surface area contributed by atoms with Crippen molar-refractivity contribution in [3.8, 4) is 0 Å². The number of alkyl halides is 3. The number of anilines is 2. The fourth-order valence-corrected chi connectivity index (χ4v) is 5.53. The average molecular weight is 592 g/mol.